The Morgan fingerprint density at radius 3 is 2.00 bits per heavy atom. The van der Waals surface area contributed by atoms with E-state index in [2.05, 4.69) is 19.2 Å². The van der Waals surface area contributed by atoms with Crippen LogP contribution >= 0.6 is 0 Å². The summed E-state index contributed by atoms with van der Waals surface area (Å²) in [7, 11) is 0. The fourth-order valence-corrected chi connectivity index (χ4v) is 2.27. The maximum Gasteiger partial charge on any atom is 0.126 e. The van der Waals surface area contributed by atoms with Gasteiger partial charge in [0.05, 0.1) is 0 Å². The molecular formula is C14H21F2N. The number of halogens is 2. The van der Waals surface area contributed by atoms with Crippen LogP contribution in [0.1, 0.15) is 39.2 Å². The standard InChI is InChI=1S/C14H21F2N/c1-5-17-14(9(2)3)10(4)11-6-12(15)8-13(16)7-11/h6-10,14,17H,5H2,1-4H3. The Kier molecular flexibility index (Phi) is 5.06. The van der Waals surface area contributed by atoms with Gasteiger partial charge in [0.1, 0.15) is 11.6 Å². The molecule has 0 amide bonds. The molecule has 0 fully saturated rings. The molecular weight excluding hydrogens is 220 g/mol. The van der Waals surface area contributed by atoms with E-state index in [4.69, 9.17) is 0 Å². The highest BCUT2D eigenvalue weighted by atomic mass is 19.1. The van der Waals surface area contributed by atoms with Crippen LogP contribution in [0.25, 0.3) is 0 Å². The lowest BCUT2D eigenvalue weighted by Crippen LogP contribution is -2.38. The number of likely N-dealkylation sites (N-methyl/N-ethyl adjacent to an activating group) is 1. The van der Waals surface area contributed by atoms with E-state index in [0.29, 0.717) is 11.5 Å². The minimum absolute atomic E-state index is 0.0835. The first-order valence-corrected chi connectivity index (χ1v) is 6.15. The van der Waals surface area contributed by atoms with E-state index >= 15 is 0 Å². The smallest absolute Gasteiger partial charge is 0.126 e. The van der Waals surface area contributed by atoms with Gasteiger partial charge in [0.2, 0.25) is 0 Å². The molecule has 3 heteroatoms. The van der Waals surface area contributed by atoms with Gasteiger partial charge < -0.3 is 5.32 Å². The Bertz CT molecular complexity index is 343. The summed E-state index contributed by atoms with van der Waals surface area (Å²) in [5, 5.41) is 3.37. The highest BCUT2D eigenvalue weighted by Crippen LogP contribution is 2.25. The van der Waals surface area contributed by atoms with Crippen LogP contribution in [0.3, 0.4) is 0 Å². The minimum atomic E-state index is -0.508. The van der Waals surface area contributed by atoms with E-state index in [1.165, 1.54) is 12.1 Å². The number of benzene rings is 1. The van der Waals surface area contributed by atoms with Gasteiger partial charge >= 0.3 is 0 Å². The van der Waals surface area contributed by atoms with Gasteiger partial charge in [-0.05, 0) is 36.1 Å². The van der Waals surface area contributed by atoms with Crippen molar-refractivity contribution in [2.24, 2.45) is 5.92 Å². The fourth-order valence-electron chi connectivity index (χ4n) is 2.27. The molecule has 0 aliphatic carbocycles. The Hall–Kier alpha value is -0.960. The van der Waals surface area contributed by atoms with E-state index in [1.54, 1.807) is 0 Å². The zero-order chi connectivity index (χ0) is 13.0. The quantitative estimate of drug-likeness (QED) is 0.828. The molecule has 0 bridgehead atoms. The van der Waals surface area contributed by atoms with Crippen molar-refractivity contribution in [2.75, 3.05) is 6.54 Å². The lowest BCUT2D eigenvalue weighted by atomic mass is 9.86. The first-order valence-electron chi connectivity index (χ1n) is 6.15. The van der Waals surface area contributed by atoms with Crippen molar-refractivity contribution in [3.05, 3.63) is 35.4 Å². The topological polar surface area (TPSA) is 12.0 Å². The average Bonchev–Trinajstić information content (AvgIpc) is 2.23. The summed E-state index contributed by atoms with van der Waals surface area (Å²) in [5.74, 6) is -0.520. The molecule has 0 aliphatic heterocycles. The fraction of sp³-hybridized carbons (Fsp3) is 0.571. The maximum absolute atomic E-state index is 13.2. The summed E-state index contributed by atoms with van der Waals surface area (Å²) in [5.41, 5.74) is 0.710. The molecule has 0 heterocycles. The van der Waals surface area contributed by atoms with Gasteiger partial charge in [-0.3, -0.25) is 0 Å². The number of nitrogens with one attached hydrogen (secondary N) is 1. The zero-order valence-corrected chi connectivity index (χ0v) is 10.9. The number of hydrogen-bond donors (Lipinski definition) is 1. The third-order valence-corrected chi connectivity index (χ3v) is 3.11. The Labute approximate surface area is 102 Å². The lowest BCUT2D eigenvalue weighted by molar-refractivity contribution is 0.359. The van der Waals surface area contributed by atoms with E-state index in [1.807, 2.05) is 13.8 Å². The van der Waals surface area contributed by atoms with Crippen molar-refractivity contribution >= 4 is 0 Å². The van der Waals surface area contributed by atoms with Gasteiger partial charge in [-0.25, -0.2) is 8.78 Å². The molecule has 1 N–H and O–H groups in total. The predicted molar refractivity (Wildman–Crippen MR) is 67.1 cm³/mol. The number of hydrogen-bond acceptors (Lipinski definition) is 1. The van der Waals surface area contributed by atoms with Crippen LogP contribution in [0.2, 0.25) is 0 Å². The van der Waals surface area contributed by atoms with Gasteiger partial charge in [0.15, 0.2) is 0 Å². The molecule has 0 aromatic heterocycles. The summed E-state index contributed by atoms with van der Waals surface area (Å²) < 4.78 is 26.4. The second-order valence-corrected chi connectivity index (χ2v) is 4.82. The summed E-state index contributed by atoms with van der Waals surface area (Å²) >= 11 is 0. The molecule has 17 heavy (non-hydrogen) atoms. The molecule has 1 aromatic rings. The van der Waals surface area contributed by atoms with Crippen molar-refractivity contribution in [1.29, 1.82) is 0 Å². The minimum Gasteiger partial charge on any atom is -0.313 e. The third kappa shape index (κ3) is 3.77. The molecule has 1 rings (SSSR count). The third-order valence-electron chi connectivity index (χ3n) is 3.11. The first-order chi connectivity index (χ1) is 7.95. The van der Waals surface area contributed by atoms with Crippen LogP contribution in [0, 0.1) is 17.6 Å². The second-order valence-electron chi connectivity index (χ2n) is 4.82. The predicted octanol–water partition coefficient (Wildman–Crippen LogP) is 3.70. The summed E-state index contributed by atoms with van der Waals surface area (Å²) in [6.45, 7) is 9.11. The largest absolute Gasteiger partial charge is 0.313 e. The van der Waals surface area contributed by atoms with Crippen LogP contribution in [-0.4, -0.2) is 12.6 Å². The van der Waals surface area contributed by atoms with E-state index < -0.39 is 11.6 Å². The van der Waals surface area contributed by atoms with Gasteiger partial charge in [-0.15, -0.1) is 0 Å². The molecule has 2 unspecified atom stereocenters. The Balaban J connectivity index is 2.96. The number of rotatable bonds is 5. The Morgan fingerprint density at radius 2 is 1.59 bits per heavy atom. The molecule has 0 saturated heterocycles. The average molecular weight is 241 g/mol. The monoisotopic (exact) mass is 241 g/mol. The molecule has 0 radical (unpaired) electrons. The van der Waals surface area contributed by atoms with Gasteiger partial charge in [-0.2, -0.15) is 0 Å². The molecule has 0 saturated carbocycles. The first kappa shape index (κ1) is 14.1. The van der Waals surface area contributed by atoms with Crippen LogP contribution in [0.4, 0.5) is 8.78 Å². The van der Waals surface area contributed by atoms with Gasteiger partial charge in [0, 0.05) is 12.1 Å². The van der Waals surface area contributed by atoms with Gasteiger partial charge in [-0.1, -0.05) is 27.7 Å². The van der Waals surface area contributed by atoms with Crippen molar-refractivity contribution in [1.82, 2.24) is 5.32 Å². The molecule has 2 atom stereocenters. The van der Waals surface area contributed by atoms with Crippen LogP contribution in [0.5, 0.6) is 0 Å². The lowest BCUT2D eigenvalue weighted by Gasteiger charge is -2.28. The van der Waals surface area contributed by atoms with Crippen molar-refractivity contribution in [2.45, 2.75) is 39.7 Å². The highest BCUT2D eigenvalue weighted by molar-refractivity contribution is 5.23. The second kappa shape index (κ2) is 6.10. The van der Waals surface area contributed by atoms with Crippen molar-refractivity contribution in [3.8, 4) is 0 Å². The Morgan fingerprint density at radius 1 is 1.06 bits per heavy atom. The SMILES string of the molecule is CCNC(C(C)C)C(C)c1cc(F)cc(F)c1. The van der Waals surface area contributed by atoms with Crippen molar-refractivity contribution in [3.63, 3.8) is 0 Å². The molecule has 1 nitrogen and oxygen atoms in total. The van der Waals surface area contributed by atoms with E-state index in [9.17, 15) is 8.78 Å². The van der Waals surface area contributed by atoms with Crippen LogP contribution in [0.15, 0.2) is 18.2 Å². The normalized spacial score (nSPS) is 15.0. The summed E-state index contributed by atoms with van der Waals surface area (Å²) in [6, 6.07) is 3.97. The maximum atomic E-state index is 13.2. The van der Waals surface area contributed by atoms with Gasteiger partial charge in [0.25, 0.3) is 0 Å². The molecule has 96 valence electrons. The molecule has 0 spiro atoms. The van der Waals surface area contributed by atoms with Crippen molar-refractivity contribution < 1.29 is 8.78 Å². The van der Waals surface area contributed by atoms with E-state index in [-0.39, 0.29) is 12.0 Å². The molecule has 0 aliphatic rings. The summed E-state index contributed by atoms with van der Waals surface area (Å²) in [4.78, 5) is 0. The van der Waals surface area contributed by atoms with Crippen LogP contribution in [-0.2, 0) is 0 Å². The van der Waals surface area contributed by atoms with E-state index in [0.717, 1.165) is 12.6 Å². The summed E-state index contributed by atoms with van der Waals surface area (Å²) in [6.07, 6.45) is 0. The van der Waals surface area contributed by atoms with Crippen LogP contribution < -0.4 is 5.32 Å². The molecule has 1 aromatic carbocycles. The zero-order valence-electron chi connectivity index (χ0n) is 10.9. The highest BCUT2D eigenvalue weighted by Gasteiger charge is 2.22.